The smallest absolute Gasteiger partial charge is 0.225 e. The van der Waals surface area contributed by atoms with E-state index in [0.717, 1.165) is 5.69 Å². The molecule has 3 N–H and O–H groups in total. The molecule has 19 heavy (non-hydrogen) atoms. The third-order valence-corrected chi connectivity index (χ3v) is 2.67. The monoisotopic (exact) mass is 266 g/mol. The predicted molar refractivity (Wildman–Crippen MR) is 75.4 cm³/mol. The minimum Gasteiger partial charge on any atom is -0.497 e. The Balaban J connectivity index is 2.37. The van der Waals surface area contributed by atoms with Gasteiger partial charge in [0.15, 0.2) is 0 Å². The third-order valence-electron chi connectivity index (χ3n) is 2.67. The fourth-order valence-corrected chi connectivity index (χ4v) is 1.69. The van der Waals surface area contributed by atoms with Crippen molar-refractivity contribution in [3.63, 3.8) is 0 Å². The van der Waals surface area contributed by atoms with E-state index in [4.69, 9.17) is 9.84 Å². The van der Waals surface area contributed by atoms with Crippen molar-refractivity contribution in [1.29, 1.82) is 0 Å². The molecule has 106 valence electrons. The molecule has 1 rings (SSSR count). The summed E-state index contributed by atoms with van der Waals surface area (Å²) in [6.45, 7) is 2.82. The highest BCUT2D eigenvalue weighted by Gasteiger charge is 2.08. The van der Waals surface area contributed by atoms with Gasteiger partial charge in [-0.15, -0.1) is 0 Å². The number of aliphatic hydroxyl groups is 1. The first-order valence-corrected chi connectivity index (χ1v) is 6.44. The van der Waals surface area contributed by atoms with Crippen LogP contribution in [0.15, 0.2) is 24.3 Å². The number of carbonyl (C=O) groups is 1. The first kappa shape index (κ1) is 15.5. The van der Waals surface area contributed by atoms with Crippen LogP contribution in [0, 0.1) is 0 Å². The summed E-state index contributed by atoms with van der Waals surface area (Å²) in [7, 11) is 1.59. The standard InChI is InChI=1S/C14H22N2O3/c1-11(15-7-4-8-17)9-14(18)16-12-5-3-6-13(10-12)19-2/h3,5-6,10-11,15,17H,4,7-9H2,1-2H3,(H,16,18). The molecule has 0 aromatic heterocycles. The Kier molecular flexibility index (Phi) is 6.92. The van der Waals surface area contributed by atoms with Gasteiger partial charge in [-0.25, -0.2) is 0 Å². The molecule has 5 heteroatoms. The Hall–Kier alpha value is -1.59. The van der Waals surface area contributed by atoms with Gasteiger partial charge in [0.1, 0.15) is 5.75 Å². The number of rotatable bonds is 8. The second kappa shape index (κ2) is 8.50. The lowest BCUT2D eigenvalue weighted by Gasteiger charge is -2.13. The molecule has 0 heterocycles. The SMILES string of the molecule is COc1cccc(NC(=O)CC(C)NCCCO)c1. The number of ether oxygens (including phenoxy) is 1. The van der Waals surface area contributed by atoms with Crippen molar-refractivity contribution in [2.45, 2.75) is 25.8 Å². The molecule has 0 spiro atoms. The number of aliphatic hydroxyl groups excluding tert-OH is 1. The second-order valence-electron chi connectivity index (χ2n) is 4.42. The number of hydrogen-bond acceptors (Lipinski definition) is 4. The second-order valence-corrected chi connectivity index (χ2v) is 4.42. The molecule has 1 atom stereocenters. The lowest BCUT2D eigenvalue weighted by Crippen LogP contribution is -2.31. The van der Waals surface area contributed by atoms with Gasteiger partial charge in [-0.2, -0.15) is 0 Å². The average Bonchev–Trinajstić information content (AvgIpc) is 2.39. The molecule has 0 fully saturated rings. The summed E-state index contributed by atoms with van der Waals surface area (Å²) >= 11 is 0. The molecule has 0 aliphatic heterocycles. The van der Waals surface area contributed by atoms with Crippen LogP contribution in [0.2, 0.25) is 0 Å². The van der Waals surface area contributed by atoms with E-state index in [-0.39, 0.29) is 18.6 Å². The maximum Gasteiger partial charge on any atom is 0.225 e. The molecule has 1 unspecified atom stereocenters. The zero-order valence-corrected chi connectivity index (χ0v) is 11.5. The van der Waals surface area contributed by atoms with Crippen LogP contribution in [-0.2, 0) is 4.79 Å². The van der Waals surface area contributed by atoms with E-state index in [1.807, 2.05) is 25.1 Å². The molecular formula is C14H22N2O3. The molecule has 1 aromatic rings. The maximum atomic E-state index is 11.8. The third kappa shape index (κ3) is 6.22. The largest absolute Gasteiger partial charge is 0.497 e. The number of anilines is 1. The first-order chi connectivity index (χ1) is 9.15. The molecule has 0 radical (unpaired) electrons. The Morgan fingerprint density at radius 3 is 2.95 bits per heavy atom. The van der Waals surface area contributed by atoms with E-state index < -0.39 is 0 Å². The fraction of sp³-hybridized carbons (Fsp3) is 0.500. The van der Waals surface area contributed by atoms with Gasteiger partial charge in [0.2, 0.25) is 5.91 Å². The molecule has 0 aliphatic carbocycles. The number of benzene rings is 1. The quantitative estimate of drug-likeness (QED) is 0.622. The molecule has 1 aromatic carbocycles. The number of carbonyl (C=O) groups excluding carboxylic acids is 1. The molecule has 0 bridgehead atoms. The van der Waals surface area contributed by atoms with Crippen LogP contribution >= 0.6 is 0 Å². The minimum absolute atomic E-state index is 0.0442. The summed E-state index contributed by atoms with van der Waals surface area (Å²) in [5, 5.41) is 14.7. The van der Waals surface area contributed by atoms with Crippen LogP contribution in [0.4, 0.5) is 5.69 Å². The van der Waals surface area contributed by atoms with Crippen LogP contribution < -0.4 is 15.4 Å². The van der Waals surface area contributed by atoms with Crippen molar-refractivity contribution in [1.82, 2.24) is 5.32 Å². The average molecular weight is 266 g/mol. The predicted octanol–water partition coefficient (Wildman–Crippen LogP) is 1.38. The highest BCUT2D eigenvalue weighted by molar-refractivity contribution is 5.91. The Morgan fingerprint density at radius 1 is 1.47 bits per heavy atom. The number of nitrogens with one attached hydrogen (secondary N) is 2. The van der Waals surface area contributed by atoms with Gasteiger partial charge >= 0.3 is 0 Å². The molecule has 0 saturated carbocycles. The summed E-state index contributed by atoms with van der Waals surface area (Å²) in [6.07, 6.45) is 1.09. The van der Waals surface area contributed by atoms with Crippen molar-refractivity contribution in [3.8, 4) is 5.75 Å². The van der Waals surface area contributed by atoms with E-state index in [2.05, 4.69) is 10.6 Å². The summed E-state index contributed by atoms with van der Waals surface area (Å²) in [6, 6.07) is 7.34. The molecule has 0 aliphatic rings. The number of hydrogen-bond donors (Lipinski definition) is 3. The molecule has 0 saturated heterocycles. The van der Waals surface area contributed by atoms with Crippen LogP contribution in [0.3, 0.4) is 0 Å². The van der Waals surface area contributed by atoms with Gasteiger partial charge in [0.05, 0.1) is 7.11 Å². The van der Waals surface area contributed by atoms with Crippen LogP contribution in [0.25, 0.3) is 0 Å². The minimum atomic E-state index is -0.0442. The highest BCUT2D eigenvalue weighted by atomic mass is 16.5. The number of methoxy groups -OCH3 is 1. The lowest BCUT2D eigenvalue weighted by molar-refractivity contribution is -0.116. The van der Waals surface area contributed by atoms with E-state index in [0.29, 0.717) is 25.1 Å². The topological polar surface area (TPSA) is 70.6 Å². The first-order valence-electron chi connectivity index (χ1n) is 6.44. The maximum absolute atomic E-state index is 11.8. The van der Waals surface area contributed by atoms with Crippen molar-refractivity contribution < 1.29 is 14.6 Å². The van der Waals surface area contributed by atoms with Gasteiger partial charge in [-0.3, -0.25) is 4.79 Å². The lowest BCUT2D eigenvalue weighted by atomic mass is 10.2. The van der Waals surface area contributed by atoms with Crippen molar-refractivity contribution in [3.05, 3.63) is 24.3 Å². The van der Waals surface area contributed by atoms with Crippen LogP contribution in [0.1, 0.15) is 19.8 Å². The molecule has 1 amide bonds. The Morgan fingerprint density at radius 2 is 2.26 bits per heavy atom. The van der Waals surface area contributed by atoms with E-state index in [1.165, 1.54) is 0 Å². The fourth-order valence-electron chi connectivity index (χ4n) is 1.69. The number of amides is 1. The molecule has 5 nitrogen and oxygen atoms in total. The summed E-state index contributed by atoms with van der Waals surface area (Å²) in [5.74, 6) is 0.671. The van der Waals surface area contributed by atoms with Gasteiger partial charge in [0, 0.05) is 30.8 Å². The summed E-state index contributed by atoms with van der Waals surface area (Å²) in [5.41, 5.74) is 0.729. The normalized spacial score (nSPS) is 11.9. The summed E-state index contributed by atoms with van der Waals surface area (Å²) < 4.78 is 5.10. The van der Waals surface area contributed by atoms with Crippen molar-refractivity contribution >= 4 is 11.6 Å². The van der Waals surface area contributed by atoms with E-state index in [9.17, 15) is 4.79 Å². The van der Waals surface area contributed by atoms with E-state index >= 15 is 0 Å². The van der Waals surface area contributed by atoms with Crippen LogP contribution in [0.5, 0.6) is 5.75 Å². The molecular weight excluding hydrogens is 244 g/mol. The van der Waals surface area contributed by atoms with Gasteiger partial charge < -0.3 is 20.5 Å². The van der Waals surface area contributed by atoms with Crippen molar-refractivity contribution in [2.75, 3.05) is 25.6 Å². The van der Waals surface area contributed by atoms with Crippen LogP contribution in [-0.4, -0.2) is 37.3 Å². The van der Waals surface area contributed by atoms with Gasteiger partial charge in [-0.05, 0) is 32.0 Å². The Bertz CT molecular complexity index is 396. The summed E-state index contributed by atoms with van der Waals surface area (Å²) in [4.78, 5) is 11.8. The Labute approximate surface area is 114 Å². The van der Waals surface area contributed by atoms with Gasteiger partial charge in [0.25, 0.3) is 0 Å². The van der Waals surface area contributed by atoms with E-state index in [1.54, 1.807) is 13.2 Å². The highest BCUT2D eigenvalue weighted by Crippen LogP contribution is 2.16. The zero-order chi connectivity index (χ0) is 14.1. The van der Waals surface area contributed by atoms with Gasteiger partial charge in [-0.1, -0.05) is 6.07 Å². The van der Waals surface area contributed by atoms with Crippen molar-refractivity contribution in [2.24, 2.45) is 0 Å². The zero-order valence-electron chi connectivity index (χ0n) is 11.5.